The minimum Gasteiger partial charge on any atom is -0.505 e. The number of pyridine rings is 1. The van der Waals surface area contributed by atoms with Crippen molar-refractivity contribution in [2.24, 2.45) is 28.3 Å². The molecule has 2 saturated carbocycles. The second-order valence-corrected chi connectivity index (χ2v) is 14.6. The lowest BCUT2D eigenvalue weighted by Crippen LogP contribution is -2.46. The molecule has 3 aliphatic carbocycles. The highest BCUT2D eigenvalue weighted by Crippen LogP contribution is 2.70. The SMILES string of the molecule is CC1C2C(NN(C)/C(=N\N(C)CC(=O)Nc3ccc(C4CC4)cc3Cl)C3=CCOCC3)=C(C=O)C3(CCN(C(=O)c4ncccc4O)CC3)C12. The van der Waals surface area contributed by atoms with Crippen LogP contribution in [0.25, 0.3) is 0 Å². The number of carbonyl (C=O) groups excluding carboxylic acids is 3. The molecule has 3 unspecified atom stereocenters. The number of ether oxygens (including phenoxy) is 1. The fourth-order valence-corrected chi connectivity index (χ4v) is 8.56. The summed E-state index contributed by atoms with van der Waals surface area (Å²) in [4.78, 5) is 45.0. The average molecular weight is 702 g/mol. The van der Waals surface area contributed by atoms with E-state index in [1.807, 2.05) is 36.3 Å². The zero-order valence-electron chi connectivity index (χ0n) is 28.7. The van der Waals surface area contributed by atoms with Crippen molar-refractivity contribution in [3.63, 3.8) is 0 Å². The van der Waals surface area contributed by atoms with E-state index in [1.54, 1.807) is 23.0 Å². The molecule has 3 heterocycles. The Kier molecular flexibility index (Phi) is 9.34. The fraction of sp³-hybridized carbons (Fsp3) is 0.486. The van der Waals surface area contributed by atoms with E-state index in [0.29, 0.717) is 79.9 Å². The minimum absolute atomic E-state index is 0.000446. The molecule has 2 aliphatic heterocycles. The lowest BCUT2D eigenvalue weighted by Gasteiger charge is -2.42. The first kappa shape index (κ1) is 34.0. The van der Waals surface area contributed by atoms with E-state index in [1.165, 1.54) is 30.7 Å². The van der Waals surface area contributed by atoms with Gasteiger partial charge in [0.2, 0.25) is 5.91 Å². The smallest absolute Gasteiger partial charge is 0.276 e. The second kappa shape index (κ2) is 13.7. The lowest BCUT2D eigenvalue weighted by atomic mass is 9.70. The van der Waals surface area contributed by atoms with Gasteiger partial charge in [0.05, 0.1) is 23.9 Å². The van der Waals surface area contributed by atoms with Crippen molar-refractivity contribution in [2.75, 3.05) is 52.3 Å². The number of allylic oxidation sites excluding steroid dienone is 2. The molecule has 264 valence electrons. The number of rotatable bonds is 10. The molecule has 0 radical (unpaired) electrons. The number of likely N-dealkylation sites (N-methyl/N-ethyl adjacent to an activating group) is 2. The molecule has 2 amide bonds. The van der Waals surface area contributed by atoms with Gasteiger partial charge in [0.1, 0.15) is 18.6 Å². The first-order valence-corrected chi connectivity index (χ1v) is 17.8. The van der Waals surface area contributed by atoms with Gasteiger partial charge in [0.25, 0.3) is 5.91 Å². The molecule has 3 atom stereocenters. The van der Waals surface area contributed by atoms with Gasteiger partial charge in [-0.2, -0.15) is 5.10 Å². The molecule has 13 heteroatoms. The number of amidine groups is 1. The molecule has 5 aliphatic rings. The Morgan fingerprint density at radius 1 is 1.22 bits per heavy atom. The van der Waals surface area contributed by atoms with E-state index in [-0.39, 0.29) is 41.1 Å². The van der Waals surface area contributed by atoms with E-state index in [4.69, 9.17) is 21.4 Å². The van der Waals surface area contributed by atoms with Crippen LogP contribution in [0.3, 0.4) is 0 Å². The summed E-state index contributed by atoms with van der Waals surface area (Å²) in [5.74, 6) is 1.37. The molecule has 2 aromatic rings. The molecule has 3 fully saturated rings. The summed E-state index contributed by atoms with van der Waals surface area (Å²) in [5, 5.41) is 22.0. The summed E-state index contributed by atoms with van der Waals surface area (Å²) in [6.07, 6.45) is 8.78. The first-order chi connectivity index (χ1) is 24.1. The van der Waals surface area contributed by atoms with Crippen molar-refractivity contribution in [1.82, 2.24) is 25.3 Å². The molecule has 1 saturated heterocycles. The molecule has 0 bridgehead atoms. The maximum Gasteiger partial charge on any atom is 0.276 e. The number of piperidine rings is 1. The van der Waals surface area contributed by atoms with Gasteiger partial charge in [-0.05, 0) is 85.3 Å². The van der Waals surface area contributed by atoms with Gasteiger partial charge >= 0.3 is 0 Å². The Morgan fingerprint density at radius 3 is 2.66 bits per heavy atom. The number of amides is 2. The van der Waals surface area contributed by atoms with Gasteiger partial charge in [-0.15, -0.1) is 0 Å². The number of hydrazone groups is 1. The number of nitrogens with one attached hydrogen (secondary N) is 2. The quantitative estimate of drug-likeness (QED) is 0.141. The predicted molar refractivity (Wildman–Crippen MR) is 189 cm³/mol. The molecule has 12 nitrogen and oxygen atoms in total. The zero-order chi connectivity index (χ0) is 35.2. The number of anilines is 1. The van der Waals surface area contributed by atoms with Crippen LogP contribution in [0, 0.1) is 23.2 Å². The Morgan fingerprint density at radius 2 is 2.00 bits per heavy atom. The van der Waals surface area contributed by atoms with Crippen LogP contribution in [0.1, 0.15) is 61.0 Å². The van der Waals surface area contributed by atoms with E-state index in [9.17, 15) is 19.5 Å². The largest absolute Gasteiger partial charge is 0.505 e. The van der Waals surface area contributed by atoms with E-state index >= 15 is 0 Å². The highest BCUT2D eigenvalue weighted by Gasteiger charge is 2.67. The van der Waals surface area contributed by atoms with Crippen LogP contribution in [0.5, 0.6) is 5.75 Å². The number of hydrazine groups is 1. The monoisotopic (exact) mass is 701 g/mol. The van der Waals surface area contributed by atoms with Crippen LogP contribution in [0.4, 0.5) is 5.69 Å². The highest BCUT2D eigenvalue weighted by molar-refractivity contribution is 6.33. The molecule has 1 aromatic heterocycles. The standard InChI is InChI=1S/C37H44ClN7O5/c1-22-31-32(22)37(12-15-45(16-13-37)36(49)34-29(47)5-4-14-39-34)26(21-46)33(31)41-44(3)35(24-10-17-50-18-11-24)42-43(2)20-30(48)40-28-9-8-25(19-27(28)38)23-6-7-23/h4-5,8-10,14,19,21-23,31-32,41,47H,6-7,11-13,15-18,20H2,1-3H3,(H,40,48)/b42-35-. The van der Waals surface area contributed by atoms with Crippen molar-refractivity contribution in [3.05, 3.63) is 75.7 Å². The molecule has 1 aromatic carbocycles. The fourth-order valence-electron chi connectivity index (χ4n) is 8.33. The van der Waals surface area contributed by atoms with Gasteiger partial charge in [-0.3, -0.25) is 24.4 Å². The van der Waals surface area contributed by atoms with Crippen molar-refractivity contribution >= 4 is 41.2 Å². The minimum atomic E-state index is -0.347. The summed E-state index contributed by atoms with van der Waals surface area (Å²) >= 11 is 6.50. The normalized spacial score (nSPS) is 24.0. The van der Waals surface area contributed by atoms with Gasteiger partial charge < -0.3 is 25.5 Å². The van der Waals surface area contributed by atoms with Crippen molar-refractivity contribution in [1.29, 1.82) is 0 Å². The van der Waals surface area contributed by atoms with Crippen LogP contribution in [0.15, 0.2) is 64.5 Å². The third kappa shape index (κ3) is 6.46. The van der Waals surface area contributed by atoms with Crippen LogP contribution in [-0.2, 0) is 14.3 Å². The van der Waals surface area contributed by atoms with E-state index in [0.717, 1.165) is 23.1 Å². The maximum absolute atomic E-state index is 13.2. The Balaban J connectivity index is 1.07. The molecule has 1 spiro atoms. The molecule has 7 rings (SSSR count). The van der Waals surface area contributed by atoms with Crippen molar-refractivity contribution in [3.8, 4) is 5.75 Å². The van der Waals surface area contributed by atoms with Crippen LogP contribution >= 0.6 is 11.6 Å². The maximum atomic E-state index is 13.2. The number of nitrogens with zero attached hydrogens (tertiary/aromatic N) is 5. The Bertz CT molecular complexity index is 1780. The number of likely N-dealkylation sites (tertiary alicyclic amines) is 1. The summed E-state index contributed by atoms with van der Waals surface area (Å²) < 4.78 is 5.58. The number of benzene rings is 1. The first-order valence-electron chi connectivity index (χ1n) is 17.4. The molecular weight excluding hydrogens is 658 g/mol. The number of aromatic nitrogens is 1. The number of fused-ring (bicyclic) bond motifs is 2. The lowest BCUT2D eigenvalue weighted by molar-refractivity contribution is -0.117. The third-order valence-corrected chi connectivity index (χ3v) is 11.3. The van der Waals surface area contributed by atoms with Crippen LogP contribution in [0.2, 0.25) is 5.02 Å². The molecule has 50 heavy (non-hydrogen) atoms. The number of aromatic hydroxyl groups is 1. The summed E-state index contributed by atoms with van der Waals surface area (Å²) in [6.45, 7) is 4.16. The van der Waals surface area contributed by atoms with E-state index < -0.39 is 0 Å². The van der Waals surface area contributed by atoms with Gasteiger partial charge in [-0.25, -0.2) is 4.98 Å². The van der Waals surface area contributed by atoms with E-state index in [2.05, 4.69) is 22.7 Å². The number of hydrogen-bond donors (Lipinski definition) is 3. The highest BCUT2D eigenvalue weighted by atomic mass is 35.5. The Labute approximate surface area is 297 Å². The van der Waals surface area contributed by atoms with Gasteiger partial charge in [0, 0.05) is 56.0 Å². The van der Waals surface area contributed by atoms with Crippen LogP contribution in [-0.4, -0.2) is 95.9 Å². The van der Waals surface area contributed by atoms with Crippen molar-refractivity contribution < 1.29 is 24.2 Å². The third-order valence-electron chi connectivity index (χ3n) is 11.0. The molecular formula is C37H44ClN7O5. The average Bonchev–Trinajstić information content (AvgIpc) is 4.04. The van der Waals surface area contributed by atoms with Crippen molar-refractivity contribution in [2.45, 2.75) is 44.9 Å². The topological polar surface area (TPSA) is 140 Å². The summed E-state index contributed by atoms with van der Waals surface area (Å²) in [7, 11) is 3.64. The van der Waals surface area contributed by atoms with Gasteiger partial charge in [-0.1, -0.05) is 30.7 Å². The predicted octanol–water partition coefficient (Wildman–Crippen LogP) is 4.56. The zero-order valence-corrected chi connectivity index (χ0v) is 29.4. The van der Waals surface area contributed by atoms with Gasteiger partial charge in [0.15, 0.2) is 11.5 Å². The summed E-state index contributed by atoms with van der Waals surface area (Å²) in [6, 6.07) is 8.87. The second-order valence-electron chi connectivity index (χ2n) is 14.2. The van der Waals surface area contributed by atoms with Crippen LogP contribution < -0.4 is 10.7 Å². The molecule has 3 N–H and O–H groups in total. The number of halogens is 1. The number of carbonyl (C=O) groups is 3. The Hall–Kier alpha value is -4.42. The number of hydrogen-bond acceptors (Lipinski definition) is 9. The number of aldehydes is 1. The summed E-state index contributed by atoms with van der Waals surface area (Å²) in [5.41, 5.74) is 7.67.